The van der Waals surface area contributed by atoms with Gasteiger partial charge in [0.25, 0.3) is 0 Å². The second-order valence-electron chi connectivity index (χ2n) is 9.80. The van der Waals surface area contributed by atoms with Gasteiger partial charge in [-0.05, 0) is 82.4 Å². The highest BCUT2D eigenvalue weighted by Crippen LogP contribution is 2.51. The molecule has 4 nitrogen and oxygen atoms in total. The van der Waals surface area contributed by atoms with E-state index in [-0.39, 0.29) is 12.2 Å². The molecule has 0 aliphatic rings. The van der Waals surface area contributed by atoms with Crippen LogP contribution in [0.2, 0.25) is 0 Å². The van der Waals surface area contributed by atoms with Gasteiger partial charge in [0.1, 0.15) is 0 Å². The van der Waals surface area contributed by atoms with Gasteiger partial charge < -0.3 is 9.05 Å². The summed E-state index contributed by atoms with van der Waals surface area (Å²) in [5.74, 6) is 0. The average molecular weight is 559 g/mol. The molecule has 2 atom stereocenters. The molecule has 0 fully saturated rings. The molecule has 0 amide bonds. The van der Waals surface area contributed by atoms with Crippen LogP contribution < -0.4 is 15.9 Å². The Kier molecular flexibility index (Phi) is 11.8. The van der Waals surface area contributed by atoms with Gasteiger partial charge in [-0.15, -0.1) is 0 Å². The van der Waals surface area contributed by atoms with Crippen molar-refractivity contribution in [3.8, 4) is 0 Å². The molecule has 0 radical (unpaired) electrons. The average Bonchev–Trinajstić information content (AvgIpc) is 2.88. The van der Waals surface area contributed by atoms with Gasteiger partial charge in [0.15, 0.2) is 0 Å². The number of hydrogen-bond donors (Lipinski definition) is 0. The summed E-state index contributed by atoms with van der Waals surface area (Å²) in [7, 11) is -6.37. The first-order valence-electron chi connectivity index (χ1n) is 13.2. The minimum atomic E-state index is -2.94. The van der Waals surface area contributed by atoms with Crippen molar-refractivity contribution in [3.63, 3.8) is 0 Å². The molecular weight excluding hydrogens is 517 g/mol. The Morgan fingerprint density at radius 3 is 1.30 bits per heavy atom. The van der Waals surface area contributed by atoms with E-state index in [9.17, 15) is 9.13 Å². The smallest absolute Gasteiger partial charge is 0.232 e. The lowest BCUT2D eigenvalue weighted by molar-refractivity contribution is 0.248. The van der Waals surface area contributed by atoms with Gasteiger partial charge in [-0.25, -0.2) is 0 Å². The first-order chi connectivity index (χ1) is 17.7. The quantitative estimate of drug-likeness (QED) is 0.180. The predicted octanol–water partition coefficient (Wildman–Crippen LogP) is 7.63. The molecular formula is C30H41O4P3. The fourth-order valence-corrected chi connectivity index (χ4v) is 12.1. The van der Waals surface area contributed by atoms with Gasteiger partial charge in [0.2, 0.25) is 14.7 Å². The Balaban J connectivity index is 1.70. The van der Waals surface area contributed by atoms with Gasteiger partial charge in [0, 0.05) is 22.9 Å². The molecule has 3 aromatic carbocycles. The van der Waals surface area contributed by atoms with Crippen LogP contribution in [0, 0.1) is 0 Å². The Hall–Kier alpha value is -1.53. The molecule has 2 unspecified atom stereocenters. The first kappa shape index (κ1) is 30.0. The van der Waals surface area contributed by atoms with Crippen LogP contribution in [0.4, 0.5) is 0 Å². The molecule has 0 spiro atoms. The van der Waals surface area contributed by atoms with Crippen LogP contribution >= 0.6 is 22.7 Å². The van der Waals surface area contributed by atoms with Crippen LogP contribution in [0.15, 0.2) is 91.0 Å². The molecule has 0 N–H and O–H groups in total. The maximum atomic E-state index is 13.9. The standard InChI is InChI=1S/C30H41O4P3/c1-26(2)33-36(31,29-18-10-6-11-19-29)24-14-22-35(28-16-8-5-9-17-28)23-15-25-37(32,34-27(3)4)30-20-12-7-13-21-30/h5-13,16-21,26-27H,14-15,22-25H2,1-4H3. The third kappa shape index (κ3) is 9.31. The van der Waals surface area contributed by atoms with Crippen LogP contribution in [0.3, 0.4) is 0 Å². The van der Waals surface area contributed by atoms with E-state index >= 15 is 0 Å². The molecule has 3 rings (SSSR count). The highest BCUT2D eigenvalue weighted by molar-refractivity contribution is 7.68. The van der Waals surface area contributed by atoms with Crippen molar-refractivity contribution in [2.75, 3.05) is 24.6 Å². The monoisotopic (exact) mass is 558 g/mol. The lowest BCUT2D eigenvalue weighted by Crippen LogP contribution is -2.16. The third-order valence-electron chi connectivity index (χ3n) is 5.94. The van der Waals surface area contributed by atoms with Crippen molar-refractivity contribution >= 4 is 38.6 Å². The Morgan fingerprint density at radius 1 is 0.595 bits per heavy atom. The van der Waals surface area contributed by atoms with Crippen LogP contribution in [0.1, 0.15) is 40.5 Å². The van der Waals surface area contributed by atoms with Gasteiger partial charge in [-0.3, -0.25) is 9.13 Å². The summed E-state index contributed by atoms with van der Waals surface area (Å²) in [4.78, 5) is 0. The zero-order valence-corrected chi connectivity index (χ0v) is 25.2. The summed E-state index contributed by atoms with van der Waals surface area (Å²) < 4.78 is 39.8. The minimum Gasteiger partial charge on any atom is -0.323 e. The summed E-state index contributed by atoms with van der Waals surface area (Å²) in [5.41, 5.74) is 0. The van der Waals surface area contributed by atoms with Crippen LogP contribution in [0.5, 0.6) is 0 Å². The lowest BCUT2D eigenvalue weighted by atomic mass is 10.4. The van der Waals surface area contributed by atoms with E-state index in [2.05, 4.69) is 24.3 Å². The summed E-state index contributed by atoms with van der Waals surface area (Å²) in [6.07, 6.45) is 4.40. The molecule has 0 saturated carbocycles. The van der Waals surface area contributed by atoms with E-state index in [1.165, 1.54) is 5.30 Å². The molecule has 0 bridgehead atoms. The molecule has 37 heavy (non-hydrogen) atoms. The van der Waals surface area contributed by atoms with Crippen LogP contribution in [0.25, 0.3) is 0 Å². The van der Waals surface area contributed by atoms with Crippen molar-refractivity contribution in [1.82, 2.24) is 0 Å². The highest BCUT2D eigenvalue weighted by Gasteiger charge is 2.29. The van der Waals surface area contributed by atoms with Crippen LogP contribution in [-0.2, 0) is 18.2 Å². The third-order valence-corrected chi connectivity index (χ3v) is 14.2. The molecule has 0 aromatic heterocycles. The van der Waals surface area contributed by atoms with E-state index < -0.39 is 22.7 Å². The number of benzene rings is 3. The molecule has 7 heteroatoms. The summed E-state index contributed by atoms with van der Waals surface area (Å²) >= 11 is 0. The maximum absolute atomic E-state index is 13.9. The Morgan fingerprint density at radius 2 is 0.946 bits per heavy atom. The van der Waals surface area contributed by atoms with Gasteiger partial charge in [-0.2, -0.15) is 0 Å². The van der Waals surface area contributed by atoms with Crippen molar-refractivity contribution < 1.29 is 18.2 Å². The van der Waals surface area contributed by atoms with E-state index in [0.717, 1.165) is 35.8 Å². The normalized spacial score (nSPS) is 15.8. The van der Waals surface area contributed by atoms with E-state index in [1.807, 2.05) is 94.4 Å². The Bertz CT molecular complexity index is 1080. The van der Waals surface area contributed by atoms with E-state index in [1.54, 1.807) is 0 Å². The van der Waals surface area contributed by atoms with Gasteiger partial charge in [-0.1, -0.05) is 74.7 Å². The van der Waals surface area contributed by atoms with Crippen molar-refractivity contribution in [3.05, 3.63) is 91.0 Å². The minimum absolute atomic E-state index is 0.102. The predicted molar refractivity (Wildman–Crippen MR) is 162 cm³/mol. The SMILES string of the molecule is CC(C)OP(=O)(CCCP(CCCP(=O)(OC(C)C)c1ccccc1)c1ccccc1)c1ccccc1. The lowest BCUT2D eigenvalue weighted by Gasteiger charge is -2.25. The molecule has 0 heterocycles. The highest BCUT2D eigenvalue weighted by atomic mass is 31.2. The zero-order chi connectivity index (χ0) is 26.7. The second-order valence-corrected chi connectivity index (χ2v) is 17.3. The van der Waals surface area contributed by atoms with Crippen molar-refractivity contribution in [2.24, 2.45) is 0 Å². The largest absolute Gasteiger partial charge is 0.323 e. The topological polar surface area (TPSA) is 52.6 Å². The van der Waals surface area contributed by atoms with Crippen molar-refractivity contribution in [2.45, 2.75) is 52.7 Å². The first-order valence-corrected chi connectivity index (χ1v) is 18.5. The number of hydrogen-bond acceptors (Lipinski definition) is 4. The maximum Gasteiger partial charge on any atom is 0.232 e. The molecule has 0 saturated heterocycles. The molecule has 0 aliphatic carbocycles. The summed E-state index contributed by atoms with van der Waals surface area (Å²) in [6.45, 7) is 7.76. The zero-order valence-electron chi connectivity index (χ0n) is 22.5. The second kappa shape index (κ2) is 14.6. The van der Waals surface area contributed by atoms with Crippen molar-refractivity contribution in [1.29, 1.82) is 0 Å². The van der Waals surface area contributed by atoms with E-state index in [0.29, 0.717) is 12.3 Å². The summed E-state index contributed by atoms with van der Waals surface area (Å²) in [5, 5.41) is 2.92. The molecule has 200 valence electrons. The van der Waals surface area contributed by atoms with E-state index in [4.69, 9.17) is 9.05 Å². The van der Waals surface area contributed by atoms with Gasteiger partial charge >= 0.3 is 0 Å². The van der Waals surface area contributed by atoms with Gasteiger partial charge in [0.05, 0.1) is 12.2 Å². The fraction of sp³-hybridized carbons (Fsp3) is 0.400. The summed E-state index contributed by atoms with van der Waals surface area (Å²) in [6, 6.07) is 29.8. The molecule has 3 aromatic rings. The number of rotatable bonds is 15. The fourth-order valence-electron chi connectivity index (χ4n) is 4.42. The Labute approximate surface area is 224 Å². The van der Waals surface area contributed by atoms with Crippen LogP contribution in [-0.4, -0.2) is 36.9 Å². The molecule has 0 aliphatic heterocycles.